The zero-order chi connectivity index (χ0) is 12.2. The van der Waals surface area contributed by atoms with Crippen molar-refractivity contribution in [3.63, 3.8) is 0 Å². The maximum Gasteiger partial charge on any atom is 0.280 e. The second-order valence-electron chi connectivity index (χ2n) is 3.22. The molecule has 0 saturated carbocycles. The van der Waals surface area contributed by atoms with Crippen LogP contribution in [0.4, 0.5) is 0 Å². The van der Waals surface area contributed by atoms with Gasteiger partial charge in [-0.05, 0) is 12.1 Å². The standard InChI is InChI=1S/C9H12N4O2S/c1-13(2)16(14,15)12-9(7-10)8-5-3-4-6-11-8/h3-6,9,12H,1-2H3. The summed E-state index contributed by atoms with van der Waals surface area (Å²) < 4.78 is 26.3. The lowest BCUT2D eigenvalue weighted by atomic mass is 10.2. The van der Waals surface area contributed by atoms with Gasteiger partial charge in [-0.1, -0.05) is 6.07 Å². The van der Waals surface area contributed by atoms with Crippen LogP contribution in [0, 0.1) is 11.3 Å². The van der Waals surface area contributed by atoms with Gasteiger partial charge >= 0.3 is 0 Å². The third-order valence-corrected chi connectivity index (χ3v) is 3.36. The van der Waals surface area contributed by atoms with Crippen LogP contribution in [0.15, 0.2) is 24.4 Å². The van der Waals surface area contributed by atoms with Gasteiger partial charge < -0.3 is 0 Å². The molecule has 0 saturated heterocycles. The fourth-order valence-electron chi connectivity index (χ4n) is 0.954. The average molecular weight is 240 g/mol. The van der Waals surface area contributed by atoms with Crippen molar-refractivity contribution in [2.24, 2.45) is 0 Å². The topological polar surface area (TPSA) is 86.1 Å². The molecule has 0 aliphatic rings. The largest absolute Gasteiger partial charge is 0.280 e. The maximum atomic E-state index is 11.5. The molecule has 0 aliphatic carbocycles. The molecule has 0 aliphatic heterocycles. The molecule has 1 rings (SSSR count). The number of hydrogen-bond acceptors (Lipinski definition) is 4. The highest BCUT2D eigenvalue weighted by molar-refractivity contribution is 7.87. The Labute approximate surface area is 94.7 Å². The minimum absolute atomic E-state index is 0.371. The molecule has 1 atom stereocenters. The molecule has 1 aromatic rings. The van der Waals surface area contributed by atoms with Gasteiger partial charge in [0.05, 0.1) is 11.8 Å². The molecule has 7 heteroatoms. The lowest BCUT2D eigenvalue weighted by Gasteiger charge is -2.15. The van der Waals surface area contributed by atoms with E-state index in [-0.39, 0.29) is 0 Å². The second-order valence-corrected chi connectivity index (χ2v) is 5.14. The Kier molecular flexibility index (Phi) is 3.95. The van der Waals surface area contributed by atoms with Crippen molar-refractivity contribution in [3.8, 4) is 6.07 Å². The third-order valence-electron chi connectivity index (χ3n) is 1.86. The lowest BCUT2D eigenvalue weighted by molar-refractivity contribution is 0.499. The van der Waals surface area contributed by atoms with E-state index in [4.69, 9.17) is 5.26 Å². The Hall–Kier alpha value is -1.49. The van der Waals surface area contributed by atoms with Crippen molar-refractivity contribution >= 4 is 10.2 Å². The Morgan fingerprint density at radius 1 is 1.50 bits per heavy atom. The summed E-state index contributed by atoms with van der Waals surface area (Å²) in [6, 6.07) is 5.85. The average Bonchev–Trinajstić information content (AvgIpc) is 2.27. The molecule has 0 fully saturated rings. The van der Waals surface area contributed by atoms with Crippen LogP contribution in [-0.2, 0) is 10.2 Å². The highest BCUT2D eigenvalue weighted by Gasteiger charge is 2.21. The van der Waals surface area contributed by atoms with Crippen molar-refractivity contribution in [2.75, 3.05) is 14.1 Å². The summed E-state index contributed by atoms with van der Waals surface area (Å²) in [6.45, 7) is 0. The number of nitriles is 1. The van der Waals surface area contributed by atoms with Crippen LogP contribution in [0.3, 0.4) is 0 Å². The zero-order valence-electron chi connectivity index (χ0n) is 8.95. The van der Waals surface area contributed by atoms with Gasteiger partial charge in [-0.15, -0.1) is 0 Å². The highest BCUT2D eigenvalue weighted by Crippen LogP contribution is 2.09. The fraction of sp³-hybridized carbons (Fsp3) is 0.333. The molecular weight excluding hydrogens is 228 g/mol. The van der Waals surface area contributed by atoms with Crippen molar-refractivity contribution in [1.82, 2.24) is 14.0 Å². The maximum absolute atomic E-state index is 11.5. The number of aromatic nitrogens is 1. The van der Waals surface area contributed by atoms with E-state index in [2.05, 4.69) is 9.71 Å². The summed E-state index contributed by atoms with van der Waals surface area (Å²) in [5.41, 5.74) is 0.371. The monoisotopic (exact) mass is 240 g/mol. The summed E-state index contributed by atoms with van der Waals surface area (Å²) in [5, 5.41) is 8.89. The molecule has 1 unspecified atom stereocenters. The molecule has 0 radical (unpaired) electrons. The van der Waals surface area contributed by atoms with Gasteiger partial charge in [-0.25, -0.2) is 0 Å². The highest BCUT2D eigenvalue weighted by atomic mass is 32.2. The fourth-order valence-corrected chi connectivity index (χ4v) is 1.64. The van der Waals surface area contributed by atoms with Gasteiger partial charge in [0, 0.05) is 20.3 Å². The normalized spacial score (nSPS) is 13.4. The van der Waals surface area contributed by atoms with E-state index < -0.39 is 16.3 Å². The van der Waals surface area contributed by atoms with E-state index in [1.165, 1.54) is 20.3 Å². The number of pyridine rings is 1. The first kappa shape index (κ1) is 12.6. The van der Waals surface area contributed by atoms with E-state index in [0.717, 1.165) is 4.31 Å². The van der Waals surface area contributed by atoms with E-state index in [0.29, 0.717) is 5.69 Å². The number of nitrogens with one attached hydrogen (secondary N) is 1. The van der Waals surface area contributed by atoms with Gasteiger partial charge in [-0.2, -0.15) is 22.7 Å². The van der Waals surface area contributed by atoms with Crippen molar-refractivity contribution in [2.45, 2.75) is 6.04 Å². The molecule has 1 aromatic heterocycles. The molecule has 86 valence electrons. The predicted molar refractivity (Wildman–Crippen MR) is 58.3 cm³/mol. The number of rotatable bonds is 4. The van der Waals surface area contributed by atoms with Gasteiger partial charge in [-0.3, -0.25) is 4.98 Å². The summed E-state index contributed by atoms with van der Waals surface area (Å²) in [7, 11) is -0.869. The lowest BCUT2D eigenvalue weighted by Crippen LogP contribution is -2.37. The van der Waals surface area contributed by atoms with Crippen LogP contribution in [0.1, 0.15) is 11.7 Å². The van der Waals surface area contributed by atoms with Crippen molar-refractivity contribution < 1.29 is 8.42 Å². The minimum atomic E-state index is -3.64. The summed E-state index contributed by atoms with van der Waals surface area (Å²) in [6.07, 6.45) is 1.50. The Balaban J connectivity index is 2.92. The molecule has 1 N–H and O–H groups in total. The molecule has 0 amide bonds. The van der Waals surface area contributed by atoms with Crippen LogP contribution in [-0.4, -0.2) is 31.8 Å². The van der Waals surface area contributed by atoms with Crippen LogP contribution in [0.2, 0.25) is 0 Å². The molecule has 1 heterocycles. The van der Waals surface area contributed by atoms with Gasteiger partial charge in [0.15, 0.2) is 6.04 Å². The molecule has 6 nitrogen and oxygen atoms in total. The molecule has 0 spiro atoms. The van der Waals surface area contributed by atoms with Crippen LogP contribution in [0.25, 0.3) is 0 Å². The van der Waals surface area contributed by atoms with E-state index >= 15 is 0 Å². The Morgan fingerprint density at radius 2 is 2.19 bits per heavy atom. The molecule has 0 bridgehead atoms. The Bertz CT molecular complexity index is 478. The number of nitrogens with zero attached hydrogens (tertiary/aromatic N) is 3. The summed E-state index contributed by atoms with van der Waals surface area (Å²) in [4.78, 5) is 3.93. The minimum Gasteiger partial charge on any atom is -0.258 e. The van der Waals surface area contributed by atoms with Crippen LogP contribution >= 0.6 is 0 Å². The van der Waals surface area contributed by atoms with Crippen LogP contribution in [0.5, 0.6) is 0 Å². The zero-order valence-corrected chi connectivity index (χ0v) is 9.77. The first-order valence-electron chi connectivity index (χ1n) is 4.47. The van der Waals surface area contributed by atoms with Crippen molar-refractivity contribution in [3.05, 3.63) is 30.1 Å². The van der Waals surface area contributed by atoms with Crippen LogP contribution < -0.4 is 4.72 Å². The quantitative estimate of drug-likeness (QED) is 0.805. The van der Waals surface area contributed by atoms with E-state index in [1.54, 1.807) is 18.2 Å². The van der Waals surface area contributed by atoms with Gasteiger partial charge in [0.25, 0.3) is 10.2 Å². The van der Waals surface area contributed by atoms with Gasteiger partial charge in [0.2, 0.25) is 0 Å². The smallest absolute Gasteiger partial charge is 0.258 e. The van der Waals surface area contributed by atoms with E-state index in [1.807, 2.05) is 6.07 Å². The third kappa shape index (κ3) is 3.00. The SMILES string of the molecule is CN(C)S(=O)(=O)NC(C#N)c1ccccn1. The molecule has 0 aromatic carbocycles. The summed E-state index contributed by atoms with van der Waals surface area (Å²) in [5.74, 6) is 0. The van der Waals surface area contributed by atoms with Gasteiger partial charge in [0.1, 0.15) is 0 Å². The first-order valence-corrected chi connectivity index (χ1v) is 5.91. The van der Waals surface area contributed by atoms with Crippen molar-refractivity contribution in [1.29, 1.82) is 5.26 Å². The van der Waals surface area contributed by atoms with E-state index in [9.17, 15) is 8.42 Å². The second kappa shape index (κ2) is 5.03. The number of hydrogen-bond donors (Lipinski definition) is 1. The molecular formula is C9H12N4O2S. The predicted octanol–water partition coefficient (Wildman–Crippen LogP) is 0.0423. The Morgan fingerprint density at radius 3 is 2.62 bits per heavy atom. The summed E-state index contributed by atoms with van der Waals surface area (Å²) >= 11 is 0. The molecule has 16 heavy (non-hydrogen) atoms. The first-order chi connectivity index (χ1) is 7.47.